The summed E-state index contributed by atoms with van der Waals surface area (Å²) in [6, 6.07) is 14.3. The number of anilines is 3. The van der Waals surface area contributed by atoms with E-state index in [1.165, 1.54) is 17.7 Å². The van der Waals surface area contributed by atoms with Gasteiger partial charge in [0.1, 0.15) is 5.82 Å². The highest BCUT2D eigenvalue weighted by Gasteiger charge is 2.02. The van der Waals surface area contributed by atoms with E-state index in [9.17, 15) is 4.39 Å². The highest BCUT2D eigenvalue weighted by molar-refractivity contribution is 5.56. The fourth-order valence-corrected chi connectivity index (χ4v) is 2.01. The molecule has 3 aromatic rings. The molecule has 3 rings (SSSR count). The molecule has 23 heavy (non-hydrogen) atoms. The third-order valence-electron chi connectivity index (χ3n) is 3.25. The molecule has 0 spiro atoms. The van der Waals surface area contributed by atoms with Crippen molar-refractivity contribution in [3.63, 3.8) is 0 Å². The van der Waals surface area contributed by atoms with Gasteiger partial charge >= 0.3 is 0 Å². The Morgan fingerprint density at radius 1 is 1.00 bits per heavy atom. The van der Waals surface area contributed by atoms with Gasteiger partial charge in [0.15, 0.2) is 5.82 Å². The summed E-state index contributed by atoms with van der Waals surface area (Å²) in [6.07, 6.45) is 1.56. The number of halogens is 1. The van der Waals surface area contributed by atoms with Gasteiger partial charge in [-0.3, -0.25) is 0 Å². The maximum Gasteiger partial charge on any atom is 0.244 e. The Balaban J connectivity index is 1.65. The summed E-state index contributed by atoms with van der Waals surface area (Å²) in [5.41, 5.74) is 3.06. The van der Waals surface area contributed by atoms with Crippen molar-refractivity contribution in [2.24, 2.45) is 0 Å². The Labute approximate surface area is 133 Å². The molecule has 0 aliphatic heterocycles. The van der Waals surface area contributed by atoms with Gasteiger partial charge in [-0.2, -0.15) is 10.1 Å². The van der Waals surface area contributed by atoms with Gasteiger partial charge in [0.2, 0.25) is 5.95 Å². The van der Waals surface area contributed by atoms with Crippen molar-refractivity contribution in [3.05, 3.63) is 71.7 Å². The van der Waals surface area contributed by atoms with Crippen molar-refractivity contribution >= 4 is 17.5 Å². The first-order valence-electron chi connectivity index (χ1n) is 7.21. The van der Waals surface area contributed by atoms with E-state index in [0.717, 1.165) is 11.3 Å². The Morgan fingerprint density at radius 2 is 1.74 bits per heavy atom. The number of benzene rings is 2. The highest BCUT2D eigenvalue weighted by Crippen LogP contribution is 2.15. The third kappa shape index (κ3) is 4.23. The Hall–Kier alpha value is -3.02. The van der Waals surface area contributed by atoms with Crippen LogP contribution < -0.4 is 10.6 Å². The molecule has 0 unspecified atom stereocenters. The van der Waals surface area contributed by atoms with Gasteiger partial charge < -0.3 is 10.6 Å². The average molecular weight is 309 g/mol. The first kappa shape index (κ1) is 14.9. The molecule has 2 N–H and O–H groups in total. The lowest BCUT2D eigenvalue weighted by atomic mass is 10.2. The smallest absolute Gasteiger partial charge is 0.244 e. The predicted octanol–water partition coefficient (Wildman–Crippen LogP) is 3.67. The largest absolute Gasteiger partial charge is 0.349 e. The molecule has 5 nitrogen and oxygen atoms in total. The van der Waals surface area contributed by atoms with Crippen molar-refractivity contribution in [2.45, 2.75) is 13.5 Å². The predicted molar refractivity (Wildman–Crippen MR) is 88.0 cm³/mol. The summed E-state index contributed by atoms with van der Waals surface area (Å²) in [5, 5.41) is 14.1. The number of hydrogen-bond acceptors (Lipinski definition) is 5. The third-order valence-corrected chi connectivity index (χ3v) is 3.25. The molecular weight excluding hydrogens is 293 g/mol. The molecule has 0 bridgehead atoms. The molecule has 6 heteroatoms. The second-order valence-electron chi connectivity index (χ2n) is 5.14. The van der Waals surface area contributed by atoms with Crippen molar-refractivity contribution in [1.29, 1.82) is 0 Å². The molecule has 0 amide bonds. The molecule has 116 valence electrons. The number of hydrogen-bond donors (Lipinski definition) is 2. The van der Waals surface area contributed by atoms with Gasteiger partial charge in [-0.05, 0) is 36.8 Å². The first-order chi connectivity index (χ1) is 11.2. The minimum Gasteiger partial charge on any atom is -0.349 e. The zero-order valence-electron chi connectivity index (χ0n) is 12.6. The first-order valence-corrected chi connectivity index (χ1v) is 7.21. The summed E-state index contributed by atoms with van der Waals surface area (Å²) >= 11 is 0. The van der Waals surface area contributed by atoms with Crippen molar-refractivity contribution in [3.8, 4) is 0 Å². The summed E-state index contributed by atoms with van der Waals surface area (Å²) in [4.78, 5) is 4.35. The van der Waals surface area contributed by atoms with E-state index in [1.807, 2.05) is 31.2 Å². The van der Waals surface area contributed by atoms with Crippen LogP contribution in [-0.4, -0.2) is 15.2 Å². The molecule has 1 heterocycles. The maximum absolute atomic E-state index is 12.9. The van der Waals surface area contributed by atoms with Crippen LogP contribution in [0.15, 0.2) is 54.7 Å². The van der Waals surface area contributed by atoms with E-state index >= 15 is 0 Å². The molecular formula is C17H16FN5. The van der Waals surface area contributed by atoms with E-state index in [1.54, 1.807) is 18.3 Å². The van der Waals surface area contributed by atoms with E-state index in [4.69, 9.17) is 0 Å². The minimum absolute atomic E-state index is 0.254. The standard InChI is InChI=1S/C17H16FN5/c1-12-2-8-15(9-3-12)21-16-11-20-23-17(22-16)19-10-13-4-6-14(18)7-5-13/h2-9,11H,10H2,1H3,(H2,19,21,22,23). The molecule has 0 saturated carbocycles. The van der Waals surface area contributed by atoms with Crippen LogP contribution in [-0.2, 0) is 6.54 Å². The highest BCUT2D eigenvalue weighted by atomic mass is 19.1. The van der Waals surface area contributed by atoms with Crippen LogP contribution in [0.4, 0.5) is 21.8 Å². The van der Waals surface area contributed by atoms with Crippen molar-refractivity contribution in [2.75, 3.05) is 10.6 Å². The Morgan fingerprint density at radius 3 is 2.48 bits per heavy atom. The topological polar surface area (TPSA) is 62.7 Å². The number of nitrogens with zero attached hydrogens (tertiary/aromatic N) is 3. The SMILES string of the molecule is Cc1ccc(Nc2cnnc(NCc3ccc(F)cc3)n2)cc1. The van der Waals surface area contributed by atoms with Crippen LogP contribution in [0.2, 0.25) is 0 Å². The van der Waals surface area contributed by atoms with Crippen molar-refractivity contribution < 1.29 is 4.39 Å². The maximum atomic E-state index is 12.9. The van der Waals surface area contributed by atoms with Gasteiger partial charge in [-0.1, -0.05) is 29.8 Å². The Kier molecular flexibility index (Phi) is 4.42. The summed E-state index contributed by atoms with van der Waals surface area (Å²) in [5.74, 6) is 0.757. The normalized spacial score (nSPS) is 10.3. The summed E-state index contributed by atoms with van der Waals surface area (Å²) in [7, 11) is 0. The molecule has 0 fully saturated rings. The van der Waals surface area contributed by atoms with E-state index < -0.39 is 0 Å². The molecule has 0 atom stereocenters. The lowest BCUT2D eigenvalue weighted by molar-refractivity contribution is 0.627. The van der Waals surface area contributed by atoms with Crippen LogP contribution in [0.5, 0.6) is 0 Å². The van der Waals surface area contributed by atoms with E-state index in [-0.39, 0.29) is 5.82 Å². The fraction of sp³-hybridized carbons (Fsp3) is 0.118. The van der Waals surface area contributed by atoms with Crippen LogP contribution in [0.3, 0.4) is 0 Å². The van der Waals surface area contributed by atoms with Gasteiger partial charge in [-0.15, -0.1) is 5.10 Å². The van der Waals surface area contributed by atoms with Gasteiger partial charge in [0.25, 0.3) is 0 Å². The van der Waals surface area contributed by atoms with E-state index in [2.05, 4.69) is 25.8 Å². The zero-order valence-corrected chi connectivity index (χ0v) is 12.6. The monoisotopic (exact) mass is 309 g/mol. The van der Waals surface area contributed by atoms with E-state index in [0.29, 0.717) is 18.3 Å². The van der Waals surface area contributed by atoms with Crippen molar-refractivity contribution in [1.82, 2.24) is 15.2 Å². The zero-order chi connectivity index (χ0) is 16.1. The summed E-state index contributed by atoms with van der Waals surface area (Å²) in [6.45, 7) is 2.53. The molecule has 1 aromatic heterocycles. The number of aryl methyl sites for hydroxylation is 1. The minimum atomic E-state index is -0.254. The van der Waals surface area contributed by atoms with Crippen LogP contribution in [0.1, 0.15) is 11.1 Å². The van der Waals surface area contributed by atoms with Crippen LogP contribution >= 0.6 is 0 Å². The molecule has 0 aliphatic carbocycles. The quantitative estimate of drug-likeness (QED) is 0.753. The molecule has 0 radical (unpaired) electrons. The van der Waals surface area contributed by atoms with Crippen LogP contribution in [0, 0.1) is 12.7 Å². The lowest BCUT2D eigenvalue weighted by Crippen LogP contribution is -2.06. The Bertz CT molecular complexity index is 772. The van der Waals surface area contributed by atoms with Gasteiger partial charge in [-0.25, -0.2) is 4.39 Å². The number of nitrogens with one attached hydrogen (secondary N) is 2. The fourth-order valence-electron chi connectivity index (χ4n) is 2.01. The van der Waals surface area contributed by atoms with Gasteiger partial charge in [0.05, 0.1) is 6.20 Å². The number of aromatic nitrogens is 3. The summed E-state index contributed by atoms with van der Waals surface area (Å²) < 4.78 is 12.9. The lowest BCUT2D eigenvalue weighted by Gasteiger charge is -2.08. The second-order valence-corrected chi connectivity index (χ2v) is 5.14. The van der Waals surface area contributed by atoms with Gasteiger partial charge in [0, 0.05) is 12.2 Å². The second kappa shape index (κ2) is 6.83. The molecule has 0 aliphatic rings. The molecule has 2 aromatic carbocycles. The number of rotatable bonds is 5. The average Bonchev–Trinajstić information content (AvgIpc) is 2.57. The van der Waals surface area contributed by atoms with Crippen LogP contribution in [0.25, 0.3) is 0 Å². The molecule has 0 saturated heterocycles.